The largest absolute Gasteiger partial charge is 0.468 e. The number of carbonyl (C=O) groups is 2. The minimum Gasteiger partial charge on any atom is -0.468 e. The van der Waals surface area contributed by atoms with E-state index in [0.29, 0.717) is 19.6 Å². The van der Waals surface area contributed by atoms with Crippen LogP contribution < -0.4 is 5.32 Å². The number of fused-ring (bicyclic) bond motifs is 1. The Morgan fingerprint density at radius 2 is 1.97 bits per heavy atom. The summed E-state index contributed by atoms with van der Waals surface area (Å²) in [4.78, 5) is 32.0. The summed E-state index contributed by atoms with van der Waals surface area (Å²) in [7, 11) is 1.41. The van der Waals surface area contributed by atoms with Gasteiger partial charge in [-0.15, -0.1) is 0 Å². The van der Waals surface area contributed by atoms with Gasteiger partial charge in [0, 0.05) is 31.0 Å². The molecule has 2 heterocycles. The lowest BCUT2D eigenvalue weighted by Gasteiger charge is -2.25. The van der Waals surface area contributed by atoms with Crippen LogP contribution in [0.25, 0.3) is 0 Å². The molecule has 1 saturated heterocycles. The van der Waals surface area contributed by atoms with Crippen molar-refractivity contribution >= 4 is 11.9 Å². The maximum Gasteiger partial charge on any atom is 0.327 e. The molecule has 32 heavy (non-hydrogen) atoms. The number of amides is 1. The second kappa shape index (κ2) is 10.7. The van der Waals surface area contributed by atoms with E-state index >= 15 is 0 Å². The van der Waals surface area contributed by atoms with Gasteiger partial charge in [0.05, 0.1) is 13.0 Å². The summed E-state index contributed by atoms with van der Waals surface area (Å²) in [6.45, 7) is 1.91. The molecule has 2 aliphatic rings. The van der Waals surface area contributed by atoms with Gasteiger partial charge in [0.2, 0.25) is 5.91 Å². The number of benzene rings is 1. The molecule has 6 nitrogen and oxygen atoms in total. The number of nitrogens with zero attached hydrogens (tertiary/aromatic N) is 2. The van der Waals surface area contributed by atoms with Crippen molar-refractivity contribution in [1.82, 2.24) is 15.2 Å². The maximum atomic E-state index is 12.7. The molecule has 6 heteroatoms. The standard InChI is InChI=1S/C26H33N3O3/c1-32-26(31)24(20-9-3-2-4-10-20)29-17-15-21(18-29)25(30)27-16-7-11-22-14-13-19-8-5-6-12-23(19)28-22/h2-4,9-10,13-14,21,24H,5-8,11-12,15-18H2,1H3,(H,27,30)/t21-,24?/m1/s1. The normalized spacial score (nSPS) is 19.2. The summed E-state index contributed by atoms with van der Waals surface area (Å²) in [6.07, 6.45) is 7.25. The van der Waals surface area contributed by atoms with Crippen LogP contribution in [0.15, 0.2) is 42.5 Å². The zero-order valence-corrected chi connectivity index (χ0v) is 18.9. The molecular weight excluding hydrogens is 402 g/mol. The topological polar surface area (TPSA) is 71.5 Å². The summed E-state index contributed by atoms with van der Waals surface area (Å²) in [6, 6.07) is 13.5. The van der Waals surface area contributed by atoms with Crippen molar-refractivity contribution in [2.24, 2.45) is 5.92 Å². The van der Waals surface area contributed by atoms with Crippen LogP contribution in [0.3, 0.4) is 0 Å². The highest BCUT2D eigenvalue weighted by Gasteiger charge is 2.36. The molecule has 0 radical (unpaired) electrons. The van der Waals surface area contributed by atoms with Gasteiger partial charge in [0.15, 0.2) is 0 Å². The number of hydrogen-bond donors (Lipinski definition) is 1. The second-order valence-corrected chi connectivity index (χ2v) is 8.83. The Hall–Kier alpha value is -2.73. The molecule has 1 aromatic heterocycles. The van der Waals surface area contributed by atoms with E-state index in [4.69, 9.17) is 9.72 Å². The number of methoxy groups -OCH3 is 1. The lowest BCUT2D eigenvalue weighted by Crippen LogP contribution is -2.36. The molecule has 0 saturated carbocycles. The number of rotatable bonds is 8. The predicted octanol–water partition coefficient (Wildman–Crippen LogP) is 3.25. The number of likely N-dealkylation sites (tertiary alicyclic amines) is 1. The van der Waals surface area contributed by atoms with E-state index < -0.39 is 6.04 Å². The fraction of sp³-hybridized carbons (Fsp3) is 0.500. The second-order valence-electron chi connectivity index (χ2n) is 8.83. The van der Waals surface area contributed by atoms with Crippen molar-refractivity contribution in [3.05, 3.63) is 65.0 Å². The number of aryl methyl sites for hydroxylation is 3. The summed E-state index contributed by atoms with van der Waals surface area (Å²) < 4.78 is 5.04. The number of pyridine rings is 1. The van der Waals surface area contributed by atoms with Gasteiger partial charge in [-0.3, -0.25) is 14.7 Å². The Kier molecular flexibility index (Phi) is 7.53. The molecule has 1 fully saturated rings. The van der Waals surface area contributed by atoms with E-state index in [9.17, 15) is 9.59 Å². The molecule has 2 aromatic rings. The fourth-order valence-electron chi connectivity index (χ4n) is 4.87. The molecule has 4 rings (SSSR count). The van der Waals surface area contributed by atoms with Crippen molar-refractivity contribution in [1.29, 1.82) is 0 Å². The van der Waals surface area contributed by atoms with Gasteiger partial charge in [0.1, 0.15) is 6.04 Å². The van der Waals surface area contributed by atoms with Gasteiger partial charge in [0.25, 0.3) is 0 Å². The number of esters is 1. The molecule has 1 aliphatic carbocycles. The van der Waals surface area contributed by atoms with Crippen LogP contribution in [-0.2, 0) is 33.6 Å². The molecule has 1 N–H and O–H groups in total. The highest BCUT2D eigenvalue weighted by molar-refractivity contribution is 5.80. The number of carbonyl (C=O) groups excluding carboxylic acids is 2. The number of ether oxygens (including phenoxy) is 1. The highest BCUT2D eigenvalue weighted by atomic mass is 16.5. The number of aromatic nitrogens is 1. The Morgan fingerprint density at radius 3 is 2.78 bits per heavy atom. The molecule has 0 spiro atoms. The number of nitrogens with one attached hydrogen (secondary N) is 1. The first-order valence-electron chi connectivity index (χ1n) is 11.8. The number of hydrogen-bond acceptors (Lipinski definition) is 5. The first-order chi connectivity index (χ1) is 15.7. The molecule has 2 atom stereocenters. The molecule has 1 amide bonds. The van der Waals surface area contributed by atoms with Crippen molar-refractivity contribution in [2.75, 3.05) is 26.7 Å². The third-order valence-corrected chi connectivity index (χ3v) is 6.64. The van der Waals surface area contributed by atoms with Crippen LogP contribution in [0.2, 0.25) is 0 Å². The fourth-order valence-corrected chi connectivity index (χ4v) is 4.87. The monoisotopic (exact) mass is 435 g/mol. The molecular formula is C26H33N3O3. The average Bonchev–Trinajstić information content (AvgIpc) is 3.32. The van der Waals surface area contributed by atoms with Crippen molar-refractivity contribution in [2.45, 2.75) is 51.0 Å². The lowest BCUT2D eigenvalue weighted by atomic mass is 9.95. The van der Waals surface area contributed by atoms with E-state index in [2.05, 4.69) is 22.3 Å². The summed E-state index contributed by atoms with van der Waals surface area (Å²) in [5, 5.41) is 3.09. The summed E-state index contributed by atoms with van der Waals surface area (Å²) in [5.74, 6) is -0.315. The first-order valence-corrected chi connectivity index (χ1v) is 11.8. The van der Waals surface area contributed by atoms with Crippen molar-refractivity contribution < 1.29 is 14.3 Å². The molecule has 1 aromatic carbocycles. The van der Waals surface area contributed by atoms with E-state index in [-0.39, 0.29) is 17.8 Å². The predicted molar refractivity (Wildman–Crippen MR) is 123 cm³/mol. The third kappa shape index (κ3) is 5.36. The molecule has 1 aliphatic heterocycles. The van der Waals surface area contributed by atoms with Gasteiger partial charge < -0.3 is 10.1 Å². The van der Waals surface area contributed by atoms with Crippen molar-refractivity contribution in [3.8, 4) is 0 Å². The molecule has 0 bridgehead atoms. The van der Waals surface area contributed by atoms with Gasteiger partial charge in [-0.05, 0) is 62.1 Å². The Balaban J connectivity index is 1.25. The van der Waals surface area contributed by atoms with Crippen LogP contribution >= 0.6 is 0 Å². The first kappa shape index (κ1) is 22.5. The average molecular weight is 436 g/mol. The smallest absolute Gasteiger partial charge is 0.327 e. The minimum atomic E-state index is -0.464. The van der Waals surface area contributed by atoms with Crippen molar-refractivity contribution in [3.63, 3.8) is 0 Å². The Bertz CT molecular complexity index is 931. The Morgan fingerprint density at radius 1 is 1.16 bits per heavy atom. The van der Waals surface area contributed by atoms with Crippen LogP contribution in [0.5, 0.6) is 0 Å². The quantitative estimate of drug-likeness (QED) is 0.509. The van der Waals surface area contributed by atoms with Crippen LogP contribution in [0, 0.1) is 5.92 Å². The van der Waals surface area contributed by atoms with E-state index in [1.165, 1.54) is 31.2 Å². The Labute approximate surface area is 190 Å². The maximum absolute atomic E-state index is 12.7. The van der Waals surface area contributed by atoms with Gasteiger partial charge >= 0.3 is 5.97 Å². The molecule has 170 valence electrons. The van der Waals surface area contributed by atoms with Crippen LogP contribution in [-0.4, -0.2) is 48.5 Å². The zero-order valence-electron chi connectivity index (χ0n) is 18.9. The zero-order chi connectivity index (χ0) is 22.3. The van der Waals surface area contributed by atoms with E-state index in [1.807, 2.05) is 30.3 Å². The lowest BCUT2D eigenvalue weighted by molar-refractivity contribution is -0.147. The minimum absolute atomic E-state index is 0.0718. The van der Waals surface area contributed by atoms with Gasteiger partial charge in [-0.2, -0.15) is 0 Å². The highest BCUT2D eigenvalue weighted by Crippen LogP contribution is 2.29. The SMILES string of the molecule is COC(=O)C(c1ccccc1)N1CC[C@@H](C(=O)NCCCc2ccc3c(n2)CCCC3)C1. The summed E-state index contributed by atoms with van der Waals surface area (Å²) >= 11 is 0. The third-order valence-electron chi connectivity index (χ3n) is 6.64. The van der Waals surface area contributed by atoms with Gasteiger partial charge in [-0.1, -0.05) is 36.4 Å². The van der Waals surface area contributed by atoms with Gasteiger partial charge in [-0.25, -0.2) is 4.79 Å². The van der Waals surface area contributed by atoms with Crippen LogP contribution in [0.4, 0.5) is 0 Å². The van der Waals surface area contributed by atoms with E-state index in [0.717, 1.165) is 43.4 Å². The molecule has 1 unspecified atom stereocenters. The van der Waals surface area contributed by atoms with Crippen LogP contribution in [0.1, 0.15) is 54.2 Å². The summed E-state index contributed by atoms with van der Waals surface area (Å²) in [5.41, 5.74) is 4.69. The van der Waals surface area contributed by atoms with E-state index in [1.54, 1.807) is 0 Å².